The molecule has 0 radical (unpaired) electrons. The van der Waals surface area contributed by atoms with Crippen LogP contribution < -0.4 is 0 Å². The van der Waals surface area contributed by atoms with Crippen molar-refractivity contribution < 1.29 is 4.74 Å². The fourth-order valence-electron chi connectivity index (χ4n) is 2.14. The molecule has 0 bridgehead atoms. The molecule has 1 aliphatic rings. The highest BCUT2D eigenvalue weighted by atomic mass is 16.5. The number of likely N-dealkylation sites (tertiary alicyclic amines) is 1. The number of hydrogen-bond donors (Lipinski definition) is 0. The lowest BCUT2D eigenvalue weighted by Crippen LogP contribution is -2.48. The van der Waals surface area contributed by atoms with Crippen molar-refractivity contribution in [2.24, 2.45) is 11.8 Å². The van der Waals surface area contributed by atoms with Crippen molar-refractivity contribution in [2.45, 2.75) is 40.0 Å². The fourth-order valence-corrected chi connectivity index (χ4v) is 2.14. The van der Waals surface area contributed by atoms with Crippen LogP contribution in [-0.4, -0.2) is 37.7 Å². The lowest BCUT2D eigenvalue weighted by molar-refractivity contribution is 0.0181. The molecule has 90 valence electrons. The van der Waals surface area contributed by atoms with Gasteiger partial charge in [0.1, 0.15) is 0 Å². The Morgan fingerprint density at radius 3 is 2.60 bits per heavy atom. The van der Waals surface area contributed by atoms with Crippen LogP contribution in [0.2, 0.25) is 0 Å². The van der Waals surface area contributed by atoms with E-state index in [1.807, 2.05) is 0 Å². The van der Waals surface area contributed by atoms with Crippen LogP contribution in [0.15, 0.2) is 0 Å². The molecule has 1 aliphatic heterocycles. The molecule has 0 N–H and O–H groups in total. The third-order valence-electron chi connectivity index (χ3n) is 3.10. The molecule has 0 aromatic rings. The Labute approximate surface area is 95.0 Å². The van der Waals surface area contributed by atoms with E-state index in [4.69, 9.17) is 4.74 Å². The van der Waals surface area contributed by atoms with Crippen LogP contribution >= 0.6 is 0 Å². The van der Waals surface area contributed by atoms with Crippen molar-refractivity contribution in [1.82, 2.24) is 4.90 Å². The molecule has 0 saturated carbocycles. The average Bonchev–Trinajstić information content (AvgIpc) is 2.13. The summed E-state index contributed by atoms with van der Waals surface area (Å²) in [5.41, 5.74) is 0. The van der Waals surface area contributed by atoms with E-state index >= 15 is 0 Å². The highest BCUT2D eigenvalue weighted by molar-refractivity contribution is 4.79. The van der Waals surface area contributed by atoms with E-state index in [1.165, 1.54) is 38.9 Å². The lowest BCUT2D eigenvalue weighted by atomic mass is 10.00. The SMILES string of the molecule is CCOCC1CN(CCCCC(C)C)C1. The Bertz CT molecular complexity index is 153. The quantitative estimate of drug-likeness (QED) is 0.575. The van der Waals surface area contributed by atoms with Crippen LogP contribution in [0.25, 0.3) is 0 Å². The third kappa shape index (κ3) is 5.53. The number of ether oxygens (including phenoxy) is 1. The van der Waals surface area contributed by atoms with Gasteiger partial charge >= 0.3 is 0 Å². The van der Waals surface area contributed by atoms with E-state index in [2.05, 4.69) is 25.7 Å². The van der Waals surface area contributed by atoms with Crippen molar-refractivity contribution >= 4 is 0 Å². The summed E-state index contributed by atoms with van der Waals surface area (Å²) in [5, 5.41) is 0. The zero-order chi connectivity index (χ0) is 11.1. The first-order valence-electron chi connectivity index (χ1n) is 6.52. The molecule has 1 fully saturated rings. The molecule has 0 aromatic carbocycles. The number of rotatable bonds is 8. The van der Waals surface area contributed by atoms with Crippen molar-refractivity contribution in [3.05, 3.63) is 0 Å². The molecule has 1 rings (SSSR count). The van der Waals surface area contributed by atoms with Gasteiger partial charge in [0.2, 0.25) is 0 Å². The Hall–Kier alpha value is -0.0800. The molecule has 2 heteroatoms. The van der Waals surface area contributed by atoms with Gasteiger partial charge in [-0.1, -0.05) is 26.7 Å². The smallest absolute Gasteiger partial charge is 0.0518 e. The van der Waals surface area contributed by atoms with Gasteiger partial charge in [0, 0.05) is 25.6 Å². The summed E-state index contributed by atoms with van der Waals surface area (Å²) >= 11 is 0. The Kier molecular flexibility index (Phi) is 6.26. The lowest BCUT2D eigenvalue weighted by Gasteiger charge is -2.39. The van der Waals surface area contributed by atoms with Crippen molar-refractivity contribution in [1.29, 1.82) is 0 Å². The van der Waals surface area contributed by atoms with E-state index in [9.17, 15) is 0 Å². The Morgan fingerprint density at radius 1 is 1.27 bits per heavy atom. The molecule has 0 atom stereocenters. The predicted octanol–water partition coefficient (Wildman–Crippen LogP) is 2.78. The van der Waals surface area contributed by atoms with Gasteiger partial charge < -0.3 is 9.64 Å². The van der Waals surface area contributed by atoms with E-state index in [-0.39, 0.29) is 0 Å². The molecule has 15 heavy (non-hydrogen) atoms. The second kappa shape index (κ2) is 7.24. The van der Waals surface area contributed by atoms with Gasteiger partial charge in [-0.15, -0.1) is 0 Å². The van der Waals surface area contributed by atoms with E-state index < -0.39 is 0 Å². The van der Waals surface area contributed by atoms with E-state index in [0.717, 1.165) is 25.0 Å². The summed E-state index contributed by atoms with van der Waals surface area (Å²) in [6.07, 6.45) is 4.15. The molecule has 2 nitrogen and oxygen atoms in total. The Balaban J connectivity index is 1.85. The van der Waals surface area contributed by atoms with Crippen LogP contribution in [-0.2, 0) is 4.74 Å². The molecule has 0 amide bonds. The minimum Gasteiger partial charge on any atom is -0.381 e. The first-order chi connectivity index (χ1) is 7.22. The summed E-state index contributed by atoms with van der Waals surface area (Å²) in [7, 11) is 0. The maximum Gasteiger partial charge on any atom is 0.0518 e. The van der Waals surface area contributed by atoms with Crippen molar-refractivity contribution in [2.75, 3.05) is 32.8 Å². The standard InChI is InChI=1S/C13H27NO/c1-4-15-11-13-9-14(10-13)8-6-5-7-12(2)3/h12-13H,4-11H2,1-3H3. The zero-order valence-corrected chi connectivity index (χ0v) is 10.7. The molecular weight excluding hydrogens is 186 g/mol. The normalized spacial score (nSPS) is 18.4. The van der Waals surface area contributed by atoms with Crippen LogP contribution in [0.4, 0.5) is 0 Å². The maximum atomic E-state index is 5.42. The summed E-state index contributed by atoms with van der Waals surface area (Å²) < 4.78 is 5.42. The highest BCUT2D eigenvalue weighted by Crippen LogP contribution is 2.17. The predicted molar refractivity (Wildman–Crippen MR) is 65.1 cm³/mol. The van der Waals surface area contributed by atoms with Crippen molar-refractivity contribution in [3.8, 4) is 0 Å². The summed E-state index contributed by atoms with van der Waals surface area (Å²) in [4.78, 5) is 2.56. The fraction of sp³-hybridized carbons (Fsp3) is 1.00. The van der Waals surface area contributed by atoms with Gasteiger partial charge in [-0.3, -0.25) is 0 Å². The Morgan fingerprint density at radius 2 is 2.00 bits per heavy atom. The van der Waals surface area contributed by atoms with Crippen LogP contribution in [0.5, 0.6) is 0 Å². The minimum absolute atomic E-state index is 0.815. The van der Waals surface area contributed by atoms with E-state index in [0.29, 0.717) is 0 Å². The average molecular weight is 213 g/mol. The van der Waals surface area contributed by atoms with Crippen LogP contribution in [0.3, 0.4) is 0 Å². The topological polar surface area (TPSA) is 12.5 Å². The van der Waals surface area contributed by atoms with Gasteiger partial charge in [-0.25, -0.2) is 0 Å². The van der Waals surface area contributed by atoms with Gasteiger partial charge in [0.05, 0.1) is 6.61 Å². The summed E-state index contributed by atoms with van der Waals surface area (Å²) in [5.74, 6) is 1.68. The molecule has 0 aromatic heterocycles. The maximum absolute atomic E-state index is 5.42. The monoisotopic (exact) mass is 213 g/mol. The van der Waals surface area contributed by atoms with Gasteiger partial charge in [-0.2, -0.15) is 0 Å². The second-order valence-corrected chi connectivity index (χ2v) is 5.17. The first kappa shape index (κ1) is 13.0. The van der Waals surface area contributed by atoms with Crippen LogP contribution in [0.1, 0.15) is 40.0 Å². The molecule has 1 heterocycles. The molecule has 0 unspecified atom stereocenters. The minimum atomic E-state index is 0.815. The molecule has 1 saturated heterocycles. The van der Waals surface area contributed by atoms with Gasteiger partial charge in [0.25, 0.3) is 0 Å². The van der Waals surface area contributed by atoms with Gasteiger partial charge in [0.15, 0.2) is 0 Å². The summed E-state index contributed by atoms with van der Waals surface area (Å²) in [6, 6.07) is 0. The number of hydrogen-bond acceptors (Lipinski definition) is 2. The van der Waals surface area contributed by atoms with E-state index in [1.54, 1.807) is 0 Å². The molecular formula is C13H27NO. The molecule has 0 aliphatic carbocycles. The number of unbranched alkanes of at least 4 members (excludes halogenated alkanes) is 1. The zero-order valence-electron chi connectivity index (χ0n) is 10.7. The van der Waals surface area contributed by atoms with Crippen LogP contribution in [0, 0.1) is 11.8 Å². The summed E-state index contributed by atoms with van der Waals surface area (Å²) in [6.45, 7) is 12.4. The largest absolute Gasteiger partial charge is 0.381 e. The highest BCUT2D eigenvalue weighted by Gasteiger charge is 2.25. The first-order valence-corrected chi connectivity index (χ1v) is 6.52. The van der Waals surface area contributed by atoms with Crippen molar-refractivity contribution in [3.63, 3.8) is 0 Å². The van der Waals surface area contributed by atoms with Gasteiger partial charge in [-0.05, 0) is 25.8 Å². The molecule has 0 spiro atoms. The number of nitrogens with zero attached hydrogens (tertiary/aromatic N) is 1. The third-order valence-corrected chi connectivity index (χ3v) is 3.10. The second-order valence-electron chi connectivity index (χ2n) is 5.17.